The Morgan fingerprint density at radius 3 is 2.64 bits per heavy atom. The Balaban J connectivity index is 1.63. The van der Waals surface area contributed by atoms with Crippen LogP contribution in [0.4, 0.5) is 5.69 Å². The molecule has 2 aromatic rings. The fraction of sp³-hybridized carbons (Fsp3) is 0.350. The van der Waals surface area contributed by atoms with Crippen molar-refractivity contribution < 1.29 is 14.4 Å². The van der Waals surface area contributed by atoms with Gasteiger partial charge in [-0.3, -0.25) is 14.4 Å². The van der Waals surface area contributed by atoms with E-state index in [-0.39, 0.29) is 30.6 Å². The normalized spacial score (nSPS) is 16.0. The van der Waals surface area contributed by atoms with E-state index in [2.05, 4.69) is 15.3 Å². The van der Waals surface area contributed by atoms with Gasteiger partial charge >= 0.3 is 0 Å². The van der Waals surface area contributed by atoms with E-state index < -0.39 is 5.91 Å². The van der Waals surface area contributed by atoms with Gasteiger partial charge in [0.05, 0.1) is 11.3 Å². The van der Waals surface area contributed by atoms with Gasteiger partial charge in [0.15, 0.2) is 0 Å². The monoisotopic (exact) mass is 381 g/mol. The smallest absolute Gasteiger partial charge is 0.259 e. The molecule has 1 aromatic heterocycles. The molecule has 146 valence electrons. The molecule has 0 unspecified atom stereocenters. The topological polar surface area (TPSA) is 118 Å². The standard InChI is InChI=1S/C20H23N5O3/c1-13-16(20(28)24-15-5-3-2-4-6-15)11-22-19(23-13)14-9-10-25(12-14)18(27)8-7-17(21)26/h2-6,11,14H,7-10,12H2,1H3,(H2,21,26)(H,24,28)/t14-/m0/s1. The van der Waals surface area contributed by atoms with Crippen LogP contribution in [0.3, 0.4) is 0 Å². The summed E-state index contributed by atoms with van der Waals surface area (Å²) in [6, 6.07) is 9.19. The SMILES string of the molecule is Cc1nc([C@H]2CCN(C(=O)CCC(N)=O)C2)ncc1C(=O)Nc1ccccc1. The highest BCUT2D eigenvalue weighted by Crippen LogP contribution is 2.26. The van der Waals surface area contributed by atoms with Gasteiger partial charge in [0, 0.05) is 43.7 Å². The summed E-state index contributed by atoms with van der Waals surface area (Å²) in [6.07, 6.45) is 2.46. The van der Waals surface area contributed by atoms with Gasteiger partial charge in [0.1, 0.15) is 5.82 Å². The zero-order chi connectivity index (χ0) is 20.1. The van der Waals surface area contributed by atoms with Crippen molar-refractivity contribution in [3.8, 4) is 0 Å². The number of rotatable bonds is 6. The van der Waals surface area contributed by atoms with Gasteiger partial charge in [-0.05, 0) is 25.5 Å². The molecule has 1 fully saturated rings. The summed E-state index contributed by atoms with van der Waals surface area (Å²) in [5, 5.41) is 2.82. The minimum absolute atomic E-state index is 0.0162. The molecule has 1 aliphatic rings. The number of carbonyl (C=O) groups excluding carboxylic acids is 3. The van der Waals surface area contributed by atoms with Crippen molar-refractivity contribution in [2.45, 2.75) is 32.1 Å². The molecule has 28 heavy (non-hydrogen) atoms. The number of primary amides is 1. The van der Waals surface area contributed by atoms with Crippen LogP contribution in [-0.2, 0) is 9.59 Å². The summed E-state index contributed by atoms with van der Waals surface area (Å²) < 4.78 is 0. The van der Waals surface area contributed by atoms with Crippen molar-refractivity contribution in [3.63, 3.8) is 0 Å². The Kier molecular flexibility index (Phi) is 5.98. The minimum Gasteiger partial charge on any atom is -0.370 e. The summed E-state index contributed by atoms with van der Waals surface area (Å²) in [6.45, 7) is 2.88. The second-order valence-corrected chi connectivity index (χ2v) is 6.84. The van der Waals surface area contributed by atoms with Crippen LogP contribution >= 0.6 is 0 Å². The molecule has 1 aromatic carbocycles. The first-order chi connectivity index (χ1) is 13.4. The van der Waals surface area contributed by atoms with Gasteiger partial charge in [-0.15, -0.1) is 0 Å². The van der Waals surface area contributed by atoms with Crippen molar-refractivity contribution in [2.75, 3.05) is 18.4 Å². The van der Waals surface area contributed by atoms with Crippen LogP contribution in [0.25, 0.3) is 0 Å². The minimum atomic E-state index is -0.479. The maximum absolute atomic E-state index is 12.5. The zero-order valence-electron chi connectivity index (χ0n) is 15.7. The number of carbonyl (C=O) groups is 3. The zero-order valence-corrected chi connectivity index (χ0v) is 15.7. The predicted octanol–water partition coefficient (Wildman–Crippen LogP) is 1.62. The number of aryl methyl sites for hydroxylation is 1. The molecule has 0 radical (unpaired) electrons. The molecule has 1 saturated heterocycles. The molecular formula is C20H23N5O3. The van der Waals surface area contributed by atoms with E-state index in [1.165, 1.54) is 6.20 Å². The summed E-state index contributed by atoms with van der Waals surface area (Å²) in [5.74, 6) is -0.185. The summed E-state index contributed by atoms with van der Waals surface area (Å²) in [7, 11) is 0. The van der Waals surface area contributed by atoms with E-state index >= 15 is 0 Å². The Bertz CT molecular complexity index is 885. The third-order valence-electron chi connectivity index (χ3n) is 4.77. The Labute approximate surface area is 163 Å². The molecule has 3 amide bonds. The molecule has 3 rings (SSSR count). The number of hydrogen-bond acceptors (Lipinski definition) is 5. The molecule has 0 spiro atoms. The predicted molar refractivity (Wildman–Crippen MR) is 104 cm³/mol. The Morgan fingerprint density at radius 1 is 1.21 bits per heavy atom. The van der Waals surface area contributed by atoms with Gasteiger partial charge in [-0.25, -0.2) is 9.97 Å². The van der Waals surface area contributed by atoms with Gasteiger partial charge in [-0.2, -0.15) is 0 Å². The number of amides is 3. The molecule has 8 heteroatoms. The van der Waals surface area contributed by atoms with Crippen molar-refractivity contribution in [1.29, 1.82) is 0 Å². The number of para-hydroxylation sites is 1. The molecule has 0 saturated carbocycles. The summed E-state index contributed by atoms with van der Waals surface area (Å²) in [5.41, 5.74) is 6.82. The third kappa shape index (κ3) is 4.70. The van der Waals surface area contributed by atoms with Crippen molar-refractivity contribution >= 4 is 23.4 Å². The molecule has 0 aliphatic carbocycles. The highest BCUT2D eigenvalue weighted by atomic mass is 16.2. The average molecular weight is 381 g/mol. The maximum atomic E-state index is 12.5. The Hall–Kier alpha value is -3.29. The highest BCUT2D eigenvalue weighted by molar-refractivity contribution is 6.04. The first-order valence-electron chi connectivity index (χ1n) is 9.20. The van der Waals surface area contributed by atoms with Crippen LogP contribution in [-0.4, -0.2) is 45.7 Å². The lowest BCUT2D eigenvalue weighted by Crippen LogP contribution is -2.29. The van der Waals surface area contributed by atoms with Crippen LogP contribution in [0.5, 0.6) is 0 Å². The molecule has 8 nitrogen and oxygen atoms in total. The second-order valence-electron chi connectivity index (χ2n) is 6.84. The average Bonchev–Trinajstić information content (AvgIpc) is 3.17. The number of benzene rings is 1. The molecule has 0 bridgehead atoms. The van der Waals surface area contributed by atoms with Gasteiger partial charge in [-0.1, -0.05) is 18.2 Å². The fourth-order valence-electron chi connectivity index (χ4n) is 3.21. The highest BCUT2D eigenvalue weighted by Gasteiger charge is 2.29. The third-order valence-corrected chi connectivity index (χ3v) is 4.77. The molecular weight excluding hydrogens is 358 g/mol. The van der Waals surface area contributed by atoms with E-state index in [1.807, 2.05) is 30.3 Å². The van der Waals surface area contributed by atoms with E-state index in [0.717, 1.165) is 6.42 Å². The van der Waals surface area contributed by atoms with E-state index in [1.54, 1.807) is 11.8 Å². The Morgan fingerprint density at radius 2 is 1.96 bits per heavy atom. The first-order valence-corrected chi connectivity index (χ1v) is 9.20. The van der Waals surface area contributed by atoms with Crippen LogP contribution in [0.15, 0.2) is 36.5 Å². The number of aromatic nitrogens is 2. The van der Waals surface area contributed by atoms with Crippen molar-refractivity contribution in [1.82, 2.24) is 14.9 Å². The van der Waals surface area contributed by atoms with Gasteiger partial charge in [0.25, 0.3) is 5.91 Å². The molecule has 1 aliphatic heterocycles. The maximum Gasteiger partial charge on any atom is 0.259 e. The lowest BCUT2D eigenvalue weighted by molar-refractivity contribution is -0.132. The van der Waals surface area contributed by atoms with Crippen LogP contribution in [0.2, 0.25) is 0 Å². The number of likely N-dealkylation sites (tertiary alicyclic amines) is 1. The number of nitrogens with one attached hydrogen (secondary N) is 1. The van der Waals surface area contributed by atoms with E-state index in [0.29, 0.717) is 35.9 Å². The number of anilines is 1. The molecule has 2 heterocycles. The number of hydrogen-bond donors (Lipinski definition) is 2. The van der Waals surface area contributed by atoms with Crippen molar-refractivity contribution in [2.24, 2.45) is 5.73 Å². The van der Waals surface area contributed by atoms with Crippen molar-refractivity contribution in [3.05, 3.63) is 53.6 Å². The van der Waals surface area contributed by atoms with E-state index in [4.69, 9.17) is 5.73 Å². The van der Waals surface area contributed by atoms with Crippen LogP contribution in [0, 0.1) is 6.92 Å². The second kappa shape index (κ2) is 8.60. The molecule has 1 atom stereocenters. The largest absolute Gasteiger partial charge is 0.370 e. The lowest BCUT2D eigenvalue weighted by atomic mass is 10.1. The van der Waals surface area contributed by atoms with Crippen LogP contribution < -0.4 is 11.1 Å². The van der Waals surface area contributed by atoms with E-state index in [9.17, 15) is 14.4 Å². The first kappa shape index (κ1) is 19.5. The lowest BCUT2D eigenvalue weighted by Gasteiger charge is -2.16. The molecule has 3 N–H and O–H groups in total. The fourth-order valence-corrected chi connectivity index (χ4v) is 3.21. The summed E-state index contributed by atoms with van der Waals surface area (Å²) >= 11 is 0. The van der Waals surface area contributed by atoms with Crippen LogP contribution in [0.1, 0.15) is 47.1 Å². The quantitative estimate of drug-likeness (QED) is 0.788. The number of nitrogens with zero attached hydrogens (tertiary/aromatic N) is 3. The number of nitrogens with two attached hydrogens (primary N) is 1. The summed E-state index contributed by atoms with van der Waals surface area (Å²) in [4.78, 5) is 46.0. The van der Waals surface area contributed by atoms with Gasteiger partial charge in [0.2, 0.25) is 11.8 Å². The van der Waals surface area contributed by atoms with Gasteiger partial charge < -0.3 is 16.0 Å².